The summed E-state index contributed by atoms with van der Waals surface area (Å²) >= 11 is 1.55. The van der Waals surface area contributed by atoms with Gasteiger partial charge < -0.3 is 24.8 Å². The first-order valence-electron chi connectivity index (χ1n) is 9.52. The zero-order valence-corrected chi connectivity index (χ0v) is 22.2. The Hall–Kier alpha value is -0.877. The first kappa shape index (κ1) is 28.1. The number of rotatable bonds is 0. The summed E-state index contributed by atoms with van der Waals surface area (Å²) in [4.78, 5) is 0. The molecular weight excluding hydrogens is 474 g/mol. The largest absolute Gasteiger partial charge is 1.00 e. The molecule has 29 heavy (non-hydrogen) atoms. The molecule has 0 bridgehead atoms. The van der Waals surface area contributed by atoms with Crippen LogP contribution in [0.15, 0.2) is 60.7 Å². The van der Waals surface area contributed by atoms with Crippen molar-refractivity contribution in [2.75, 3.05) is 0 Å². The molecule has 0 spiro atoms. The average molecular weight is 505 g/mol. The molecule has 0 fully saturated rings. The van der Waals surface area contributed by atoms with Gasteiger partial charge >= 0.3 is 41.3 Å². The first-order valence-corrected chi connectivity index (χ1v) is 10.7. The van der Waals surface area contributed by atoms with E-state index in [0.29, 0.717) is 5.41 Å². The topological polar surface area (TPSA) is 0 Å². The Balaban J connectivity index is 0.000000443. The van der Waals surface area contributed by atoms with Crippen molar-refractivity contribution < 1.29 is 49.0 Å². The Morgan fingerprint density at radius 1 is 1.00 bits per heavy atom. The number of aryl methyl sites for hydroxylation is 1. The predicted molar refractivity (Wildman–Crippen MR) is 115 cm³/mol. The van der Waals surface area contributed by atoms with Crippen molar-refractivity contribution in [1.29, 1.82) is 0 Å². The summed E-state index contributed by atoms with van der Waals surface area (Å²) in [6, 6.07) is 24.7. The monoisotopic (exact) mass is 502 g/mol. The van der Waals surface area contributed by atoms with Crippen molar-refractivity contribution in [1.82, 2.24) is 0 Å². The smallest absolute Gasteiger partial charge is 0.0253 e. The van der Waals surface area contributed by atoms with Crippen LogP contribution in [0.4, 0.5) is 0 Å². The molecule has 3 aromatic carbocycles. The van der Waals surface area contributed by atoms with Crippen LogP contribution < -0.4 is 24.8 Å². The Labute approximate surface area is 204 Å². The second kappa shape index (κ2) is 12.7. The van der Waals surface area contributed by atoms with Gasteiger partial charge in [0.2, 0.25) is 0 Å². The van der Waals surface area contributed by atoms with E-state index < -0.39 is 0 Å². The fourth-order valence-corrected chi connectivity index (χ4v) is 3.03. The quantitative estimate of drug-likeness (QED) is 0.311. The third-order valence-electron chi connectivity index (χ3n) is 4.39. The van der Waals surface area contributed by atoms with Gasteiger partial charge in [-0.25, -0.2) is 6.07 Å². The molecule has 0 amide bonds. The fourth-order valence-electron chi connectivity index (χ4n) is 3.03. The summed E-state index contributed by atoms with van der Waals surface area (Å²) in [7, 11) is 0. The van der Waals surface area contributed by atoms with E-state index in [1.807, 2.05) is 6.07 Å². The van der Waals surface area contributed by atoms with Crippen molar-refractivity contribution >= 4 is 3.21 Å². The summed E-state index contributed by atoms with van der Waals surface area (Å²) in [5, 5.41) is 0. The molecule has 3 heteroatoms. The molecule has 0 nitrogen and oxygen atoms in total. The molecule has 0 saturated heterocycles. The van der Waals surface area contributed by atoms with Gasteiger partial charge in [0.05, 0.1) is 0 Å². The summed E-state index contributed by atoms with van der Waals surface area (Å²) in [5.41, 5.74) is 8.62. The molecule has 0 aliphatic heterocycles. The molecule has 1 aliphatic rings. The van der Waals surface area contributed by atoms with Crippen LogP contribution in [-0.2, 0) is 36.1 Å². The van der Waals surface area contributed by atoms with Gasteiger partial charge in [0.15, 0.2) is 0 Å². The van der Waals surface area contributed by atoms with Crippen LogP contribution in [0.1, 0.15) is 56.9 Å². The van der Waals surface area contributed by atoms with E-state index in [0.717, 1.165) is 6.42 Å². The van der Waals surface area contributed by atoms with E-state index in [9.17, 15) is 0 Å². The van der Waals surface area contributed by atoms with Crippen molar-refractivity contribution in [2.45, 2.75) is 53.4 Å². The Bertz CT molecular complexity index is 853. The predicted octanol–water partition coefficient (Wildman–Crippen LogP) is 0.823. The molecular formula is C26H30Cl2Zr-2. The van der Waals surface area contributed by atoms with E-state index in [-0.39, 0.29) is 24.8 Å². The fraction of sp³-hybridized carbons (Fsp3) is 0.308. The van der Waals surface area contributed by atoms with Crippen molar-refractivity contribution in [3.05, 3.63) is 89.0 Å². The van der Waals surface area contributed by atoms with Crippen LogP contribution >= 0.6 is 0 Å². The van der Waals surface area contributed by atoms with E-state index in [2.05, 4.69) is 102 Å². The minimum Gasteiger partial charge on any atom is -1.00 e. The van der Waals surface area contributed by atoms with Gasteiger partial charge in [-0.1, -0.05) is 68.5 Å². The van der Waals surface area contributed by atoms with Crippen LogP contribution in [-0.4, -0.2) is 3.21 Å². The number of halogens is 2. The molecule has 154 valence electrons. The van der Waals surface area contributed by atoms with Gasteiger partial charge in [0, 0.05) is 0 Å². The second-order valence-corrected chi connectivity index (χ2v) is 10.8. The van der Waals surface area contributed by atoms with Crippen molar-refractivity contribution in [2.24, 2.45) is 0 Å². The number of fused-ring (bicyclic) bond motifs is 3. The molecule has 3 aromatic rings. The minimum absolute atomic E-state index is 0. The maximum absolute atomic E-state index is 3.30. The normalized spacial score (nSPS) is 10.6. The molecule has 4 rings (SSSR count). The Morgan fingerprint density at radius 3 is 2.10 bits per heavy atom. The number of benzene rings is 2. The summed E-state index contributed by atoms with van der Waals surface area (Å²) in [6.45, 7) is 13.1. The van der Waals surface area contributed by atoms with Crippen LogP contribution in [0.3, 0.4) is 0 Å². The van der Waals surface area contributed by atoms with E-state index in [1.165, 1.54) is 36.6 Å². The second-order valence-electron chi connectivity index (χ2n) is 8.32. The first-order chi connectivity index (χ1) is 12.7. The van der Waals surface area contributed by atoms with Crippen LogP contribution in [0, 0.1) is 13.0 Å². The molecule has 0 unspecified atom stereocenters. The number of hydrogen-bond acceptors (Lipinski definition) is 0. The summed E-state index contributed by atoms with van der Waals surface area (Å²) in [6.07, 6.45) is 1.05. The van der Waals surface area contributed by atoms with E-state index in [4.69, 9.17) is 0 Å². The van der Waals surface area contributed by atoms with Crippen molar-refractivity contribution in [3.8, 4) is 11.1 Å². The van der Waals surface area contributed by atoms with Crippen molar-refractivity contribution in [3.63, 3.8) is 0 Å². The average Bonchev–Trinajstić information content (AvgIpc) is 3.18. The van der Waals surface area contributed by atoms with Gasteiger partial charge in [-0.05, 0) is 6.42 Å². The maximum Gasteiger partial charge on any atom is -0.0253 e. The van der Waals surface area contributed by atoms with Gasteiger partial charge in [-0.3, -0.25) is 0 Å². The molecule has 0 aromatic heterocycles. The van der Waals surface area contributed by atoms with Crippen LogP contribution in [0.25, 0.3) is 11.1 Å². The van der Waals surface area contributed by atoms with Crippen LogP contribution in [0.2, 0.25) is 0 Å². The summed E-state index contributed by atoms with van der Waals surface area (Å²) < 4.78 is 1.51. The Kier molecular flexibility index (Phi) is 12.4. The molecule has 0 N–H and O–H groups in total. The zero-order chi connectivity index (χ0) is 20.0. The third-order valence-corrected chi connectivity index (χ3v) is 4.39. The Morgan fingerprint density at radius 2 is 1.59 bits per heavy atom. The zero-order valence-electron chi connectivity index (χ0n) is 18.2. The summed E-state index contributed by atoms with van der Waals surface area (Å²) in [5.74, 6) is 0. The van der Waals surface area contributed by atoms with Gasteiger partial charge in [-0.2, -0.15) is 53.1 Å². The van der Waals surface area contributed by atoms with Gasteiger partial charge in [0.1, 0.15) is 0 Å². The van der Waals surface area contributed by atoms with Crippen LogP contribution in [0.5, 0.6) is 0 Å². The third kappa shape index (κ3) is 8.79. The molecule has 0 atom stereocenters. The molecule has 1 aliphatic carbocycles. The maximum atomic E-state index is 3.30. The molecule has 0 saturated carbocycles. The standard InChI is InChI=1S/C13H9.C10H15.C3H6.2ClH.Zr/c1-3-7-12-10(5-1)9-11-6-2-4-8-13(11)12;1-8-5-6-9(7-8)10(2,3)4;1-3-2;;;/h1-5,7-8H,9H2;5-7H,1-4H3;1-2H3;2*1H;/q2*-1;;;;+2/p-2. The molecule has 0 heterocycles. The SMILES string of the molecule is C[C](C)=[Zr+2].Cc1cc(C(C)(C)C)c[cH-]1.[Cl-].[Cl-].[c-]1cccc2c1Cc1ccccc1-2. The number of hydrogen-bond donors (Lipinski definition) is 0. The van der Waals surface area contributed by atoms with Gasteiger partial charge in [-0.15, -0.1) is 5.56 Å². The van der Waals surface area contributed by atoms with E-state index in [1.54, 1.807) is 24.2 Å². The van der Waals surface area contributed by atoms with E-state index >= 15 is 0 Å². The van der Waals surface area contributed by atoms with Gasteiger partial charge in [0.25, 0.3) is 0 Å². The minimum atomic E-state index is 0. The molecule has 0 radical (unpaired) electrons.